The van der Waals surface area contributed by atoms with Gasteiger partial charge in [-0.15, -0.1) is 0 Å². The molecular weight excluding hydrogens is 350 g/mol. The SMILES string of the molecule is Nc1nc(Cl)nc(Oc2cc(F)c(Cl)cc2Br)n1. The molecule has 0 spiro atoms. The quantitative estimate of drug-likeness (QED) is 0.837. The number of aromatic nitrogens is 3. The Labute approximate surface area is 119 Å². The van der Waals surface area contributed by atoms with E-state index in [1.165, 1.54) is 6.07 Å². The summed E-state index contributed by atoms with van der Waals surface area (Å²) in [5.74, 6) is -0.600. The molecule has 0 fully saturated rings. The van der Waals surface area contributed by atoms with Gasteiger partial charge < -0.3 is 10.5 Å². The second kappa shape index (κ2) is 5.21. The lowest BCUT2D eigenvalue weighted by atomic mass is 10.3. The van der Waals surface area contributed by atoms with Crippen molar-refractivity contribution in [3.05, 3.63) is 32.7 Å². The molecule has 0 unspecified atom stereocenters. The summed E-state index contributed by atoms with van der Waals surface area (Å²) in [5, 5.41) is -0.162. The first-order chi connectivity index (χ1) is 8.45. The molecule has 94 valence electrons. The van der Waals surface area contributed by atoms with Gasteiger partial charge >= 0.3 is 6.01 Å². The topological polar surface area (TPSA) is 73.9 Å². The van der Waals surface area contributed by atoms with Gasteiger partial charge in [0.1, 0.15) is 11.6 Å². The molecule has 0 aliphatic heterocycles. The first-order valence-corrected chi connectivity index (χ1v) is 6.00. The number of hydrogen-bond acceptors (Lipinski definition) is 5. The first-order valence-electron chi connectivity index (χ1n) is 4.45. The molecule has 2 N–H and O–H groups in total. The van der Waals surface area contributed by atoms with Crippen LogP contribution in [0.1, 0.15) is 0 Å². The third-order valence-corrected chi connectivity index (χ3v) is 2.86. The van der Waals surface area contributed by atoms with Gasteiger partial charge in [0.25, 0.3) is 0 Å². The lowest BCUT2D eigenvalue weighted by Crippen LogP contribution is -2.00. The molecule has 0 amide bonds. The van der Waals surface area contributed by atoms with Crippen molar-refractivity contribution in [3.8, 4) is 11.8 Å². The van der Waals surface area contributed by atoms with Crippen LogP contribution in [-0.4, -0.2) is 15.0 Å². The zero-order valence-corrected chi connectivity index (χ0v) is 11.6. The number of nitrogen functional groups attached to an aromatic ring is 1. The van der Waals surface area contributed by atoms with E-state index >= 15 is 0 Å². The standard InChI is InChI=1S/C9H4BrCl2FN4O/c10-3-1-4(11)5(13)2-6(3)18-9-16-7(12)15-8(14)17-9/h1-2H,(H2,14,15,16,17). The van der Waals surface area contributed by atoms with Crippen LogP contribution in [0.3, 0.4) is 0 Å². The van der Waals surface area contributed by atoms with Crippen molar-refractivity contribution >= 4 is 45.1 Å². The van der Waals surface area contributed by atoms with E-state index in [4.69, 9.17) is 33.7 Å². The third-order valence-electron chi connectivity index (χ3n) is 1.78. The minimum atomic E-state index is -0.636. The Morgan fingerprint density at radius 3 is 2.61 bits per heavy atom. The molecule has 0 atom stereocenters. The van der Waals surface area contributed by atoms with Crippen molar-refractivity contribution in [2.24, 2.45) is 0 Å². The maximum atomic E-state index is 13.3. The Hall–Kier alpha value is -1.18. The zero-order valence-electron chi connectivity index (χ0n) is 8.49. The molecule has 0 radical (unpaired) electrons. The van der Waals surface area contributed by atoms with Crippen molar-refractivity contribution in [3.63, 3.8) is 0 Å². The molecule has 0 bridgehead atoms. The van der Waals surface area contributed by atoms with Crippen LogP contribution in [0.15, 0.2) is 16.6 Å². The molecule has 0 saturated heterocycles. The van der Waals surface area contributed by atoms with Gasteiger partial charge in [0.15, 0.2) is 0 Å². The molecule has 2 aromatic rings. The second-order valence-corrected chi connectivity index (χ2v) is 4.64. The van der Waals surface area contributed by atoms with E-state index in [2.05, 4.69) is 30.9 Å². The predicted molar refractivity (Wildman–Crippen MR) is 68.4 cm³/mol. The molecule has 0 saturated carbocycles. The Morgan fingerprint density at radius 1 is 1.22 bits per heavy atom. The fourth-order valence-corrected chi connectivity index (χ4v) is 1.95. The molecular formula is C9H4BrCl2FN4O. The van der Waals surface area contributed by atoms with Crippen molar-refractivity contribution in [1.82, 2.24) is 15.0 Å². The molecule has 0 aliphatic carbocycles. The van der Waals surface area contributed by atoms with E-state index in [-0.39, 0.29) is 28.0 Å². The molecule has 1 aromatic heterocycles. The lowest BCUT2D eigenvalue weighted by Gasteiger charge is -2.07. The molecule has 1 aromatic carbocycles. The van der Waals surface area contributed by atoms with Gasteiger partial charge in [-0.2, -0.15) is 15.0 Å². The third kappa shape index (κ3) is 2.98. The Morgan fingerprint density at radius 2 is 1.94 bits per heavy atom. The second-order valence-electron chi connectivity index (χ2n) is 3.04. The van der Waals surface area contributed by atoms with Crippen molar-refractivity contribution in [2.75, 3.05) is 5.73 Å². The number of hydrogen-bond donors (Lipinski definition) is 1. The summed E-state index contributed by atoms with van der Waals surface area (Å²) in [6, 6.07) is 2.29. The average molecular weight is 354 g/mol. The van der Waals surface area contributed by atoms with E-state index < -0.39 is 5.82 Å². The fraction of sp³-hybridized carbons (Fsp3) is 0. The van der Waals surface area contributed by atoms with Crippen LogP contribution in [0.2, 0.25) is 10.3 Å². The highest BCUT2D eigenvalue weighted by Crippen LogP contribution is 2.32. The number of benzene rings is 1. The van der Waals surface area contributed by atoms with Gasteiger partial charge in [0.2, 0.25) is 11.2 Å². The number of rotatable bonds is 2. The monoisotopic (exact) mass is 352 g/mol. The highest BCUT2D eigenvalue weighted by molar-refractivity contribution is 9.10. The maximum absolute atomic E-state index is 13.3. The van der Waals surface area contributed by atoms with Crippen molar-refractivity contribution in [1.29, 1.82) is 0 Å². The van der Waals surface area contributed by atoms with Crippen LogP contribution in [0.5, 0.6) is 11.8 Å². The highest BCUT2D eigenvalue weighted by atomic mass is 79.9. The van der Waals surface area contributed by atoms with Crippen LogP contribution in [0.25, 0.3) is 0 Å². The van der Waals surface area contributed by atoms with E-state index in [9.17, 15) is 4.39 Å². The number of halogens is 4. The summed E-state index contributed by atoms with van der Waals surface area (Å²) >= 11 is 14.3. The molecule has 1 heterocycles. The van der Waals surface area contributed by atoms with Gasteiger partial charge in [0, 0.05) is 6.07 Å². The van der Waals surface area contributed by atoms with Gasteiger partial charge in [-0.05, 0) is 33.6 Å². The summed E-state index contributed by atoms with van der Waals surface area (Å²) < 4.78 is 19.0. The van der Waals surface area contributed by atoms with Crippen LogP contribution >= 0.6 is 39.1 Å². The zero-order chi connectivity index (χ0) is 13.3. The minimum absolute atomic E-state index is 0.0394. The van der Waals surface area contributed by atoms with E-state index in [0.29, 0.717) is 4.47 Å². The van der Waals surface area contributed by atoms with E-state index in [1.807, 2.05) is 0 Å². The molecule has 18 heavy (non-hydrogen) atoms. The van der Waals surface area contributed by atoms with Crippen LogP contribution in [0.4, 0.5) is 10.3 Å². The van der Waals surface area contributed by atoms with Gasteiger partial charge in [-0.3, -0.25) is 0 Å². The maximum Gasteiger partial charge on any atom is 0.328 e. The normalized spacial score (nSPS) is 10.4. The number of anilines is 1. The summed E-state index contributed by atoms with van der Waals surface area (Å²) in [6.07, 6.45) is 0. The predicted octanol–water partition coefficient (Wildman–Crippen LogP) is 3.45. The molecule has 2 rings (SSSR count). The van der Waals surface area contributed by atoms with Crippen molar-refractivity contribution in [2.45, 2.75) is 0 Å². The van der Waals surface area contributed by atoms with Crippen LogP contribution in [0, 0.1) is 5.82 Å². The largest absolute Gasteiger partial charge is 0.423 e. The summed E-state index contributed by atoms with van der Waals surface area (Å²) in [4.78, 5) is 10.9. The molecule has 0 aliphatic rings. The highest BCUT2D eigenvalue weighted by Gasteiger charge is 2.11. The molecule has 5 nitrogen and oxygen atoms in total. The Bertz CT molecular complexity index is 593. The smallest absolute Gasteiger partial charge is 0.328 e. The van der Waals surface area contributed by atoms with Gasteiger partial charge in [-0.25, -0.2) is 4.39 Å². The Kier molecular flexibility index (Phi) is 3.84. The van der Waals surface area contributed by atoms with Crippen LogP contribution < -0.4 is 10.5 Å². The van der Waals surface area contributed by atoms with Crippen LogP contribution in [-0.2, 0) is 0 Å². The van der Waals surface area contributed by atoms with Gasteiger partial charge in [0.05, 0.1) is 9.50 Å². The van der Waals surface area contributed by atoms with Gasteiger partial charge in [-0.1, -0.05) is 11.6 Å². The van der Waals surface area contributed by atoms with E-state index in [0.717, 1.165) is 6.07 Å². The molecule has 9 heteroatoms. The van der Waals surface area contributed by atoms with Crippen molar-refractivity contribution < 1.29 is 9.13 Å². The summed E-state index contributed by atoms with van der Waals surface area (Å²) in [7, 11) is 0. The number of ether oxygens (including phenoxy) is 1. The Balaban J connectivity index is 2.36. The number of nitrogens with two attached hydrogens (primary N) is 1. The fourth-order valence-electron chi connectivity index (χ4n) is 1.07. The lowest BCUT2D eigenvalue weighted by molar-refractivity contribution is 0.434. The van der Waals surface area contributed by atoms with E-state index in [1.54, 1.807) is 0 Å². The summed E-state index contributed by atoms with van der Waals surface area (Å²) in [5.41, 5.74) is 5.37. The average Bonchev–Trinajstić information content (AvgIpc) is 2.24. The first kappa shape index (κ1) is 13.3. The summed E-state index contributed by atoms with van der Waals surface area (Å²) in [6.45, 7) is 0. The number of nitrogens with zero attached hydrogens (tertiary/aromatic N) is 3. The minimum Gasteiger partial charge on any atom is -0.423 e.